The van der Waals surface area contributed by atoms with Gasteiger partial charge < -0.3 is 24.7 Å². The van der Waals surface area contributed by atoms with Crippen molar-refractivity contribution in [2.75, 3.05) is 40.4 Å². The predicted octanol–water partition coefficient (Wildman–Crippen LogP) is 1.62. The number of aromatic nitrogens is 1. The third-order valence-corrected chi connectivity index (χ3v) is 4.23. The Morgan fingerprint density at radius 1 is 1.20 bits per heavy atom. The summed E-state index contributed by atoms with van der Waals surface area (Å²) in [5.41, 5.74) is 0.252. The maximum Gasteiger partial charge on any atom is 0.256 e. The molecule has 136 valence electrons. The Morgan fingerprint density at radius 2 is 1.92 bits per heavy atom. The largest absolute Gasteiger partial charge is 0.497 e. The maximum absolute atomic E-state index is 12.7. The van der Waals surface area contributed by atoms with E-state index in [0.29, 0.717) is 28.9 Å². The van der Waals surface area contributed by atoms with Crippen molar-refractivity contribution in [2.45, 2.75) is 13.8 Å². The molecular formula is C18H25N3O4. The van der Waals surface area contributed by atoms with Crippen LogP contribution in [0.3, 0.4) is 0 Å². The van der Waals surface area contributed by atoms with Crippen LogP contribution in [0.25, 0.3) is 10.9 Å². The first-order valence-electron chi connectivity index (χ1n) is 8.33. The number of rotatable bonds is 8. The molecule has 1 heterocycles. The van der Waals surface area contributed by atoms with Crippen molar-refractivity contribution in [1.82, 2.24) is 15.2 Å². The molecule has 1 amide bonds. The monoisotopic (exact) mass is 347 g/mol. The molecule has 2 rings (SSSR count). The Morgan fingerprint density at radius 3 is 2.52 bits per heavy atom. The molecule has 0 aliphatic rings. The van der Waals surface area contributed by atoms with E-state index in [1.807, 2.05) is 0 Å². The van der Waals surface area contributed by atoms with Crippen LogP contribution in [-0.4, -0.2) is 56.2 Å². The molecule has 7 heteroatoms. The summed E-state index contributed by atoms with van der Waals surface area (Å²) in [6, 6.07) is 3.28. The number of carbonyl (C=O) groups is 1. The Hall–Kier alpha value is -2.54. The number of H-pyrrole nitrogens is 1. The first-order chi connectivity index (χ1) is 12.0. The number of fused-ring (bicyclic) bond motifs is 1. The van der Waals surface area contributed by atoms with E-state index < -0.39 is 5.91 Å². The van der Waals surface area contributed by atoms with E-state index in [9.17, 15) is 9.59 Å². The number of aromatic amines is 1. The third-order valence-electron chi connectivity index (χ3n) is 4.23. The van der Waals surface area contributed by atoms with E-state index >= 15 is 0 Å². The molecule has 0 spiro atoms. The van der Waals surface area contributed by atoms with Crippen LogP contribution < -0.4 is 20.2 Å². The minimum Gasteiger partial charge on any atom is -0.497 e. The van der Waals surface area contributed by atoms with Gasteiger partial charge in [0.25, 0.3) is 5.91 Å². The fourth-order valence-corrected chi connectivity index (χ4v) is 2.68. The van der Waals surface area contributed by atoms with Crippen LogP contribution in [-0.2, 0) is 0 Å². The normalized spacial score (nSPS) is 10.9. The molecule has 0 aliphatic carbocycles. The number of amides is 1. The number of benzene rings is 1. The van der Waals surface area contributed by atoms with E-state index in [-0.39, 0.29) is 11.0 Å². The number of likely N-dealkylation sites (N-methyl/N-ethyl adjacent to an activating group) is 1. The van der Waals surface area contributed by atoms with Crippen LogP contribution in [0.5, 0.6) is 11.5 Å². The lowest BCUT2D eigenvalue weighted by atomic mass is 10.1. The Balaban J connectivity index is 2.28. The van der Waals surface area contributed by atoms with Gasteiger partial charge in [0.05, 0.1) is 25.1 Å². The van der Waals surface area contributed by atoms with Gasteiger partial charge in [0.15, 0.2) is 0 Å². The van der Waals surface area contributed by atoms with Crippen molar-refractivity contribution in [3.8, 4) is 11.5 Å². The van der Waals surface area contributed by atoms with Crippen LogP contribution in [0, 0.1) is 0 Å². The van der Waals surface area contributed by atoms with Crippen molar-refractivity contribution in [3.05, 3.63) is 34.1 Å². The van der Waals surface area contributed by atoms with Gasteiger partial charge >= 0.3 is 0 Å². The van der Waals surface area contributed by atoms with Crippen LogP contribution in [0.4, 0.5) is 0 Å². The molecule has 25 heavy (non-hydrogen) atoms. The number of carbonyl (C=O) groups excluding carboxylic acids is 1. The number of pyridine rings is 1. The smallest absolute Gasteiger partial charge is 0.256 e. The van der Waals surface area contributed by atoms with Crippen molar-refractivity contribution in [1.29, 1.82) is 0 Å². The summed E-state index contributed by atoms with van der Waals surface area (Å²) in [5, 5.41) is 3.15. The highest BCUT2D eigenvalue weighted by atomic mass is 16.5. The first-order valence-corrected chi connectivity index (χ1v) is 8.33. The number of nitrogens with one attached hydrogen (secondary N) is 2. The fourth-order valence-electron chi connectivity index (χ4n) is 2.68. The van der Waals surface area contributed by atoms with Gasteiger partial charge in [0.1, 0.15) is 17.1 Å². The molecule has 7 nitrogen and oxygen atoms in total. The SMILES string of the molecule is CCN(CC)CCNC(=O)c1c[nH]c2c(OC)cc(OC)cc2c1=O. The number of methoxy groups -OCH3 is 2. The Kier molecular flexibility index (Phi) is 6.41. The topological polar surface area (TPSA) is 83.7 Å². The molecule has 2 aromatic rings. The first kappa shape index (κ1) is 18.8. The summed E-state index contributed by atoms with van der Waals surface area (Å²) in [6.45, 7) is 7.20. The third kappa shape index (κ3) is 4.11. The van der Waals surface area contributed by atoms with Crippen LogP contribution in [0.15, 0.2) is 23.1 Å². The molecule has 0 radical (unpaired) electrons. The lowest BCUT2D eigenvalue weighted by Crippen LogP contribution is -2.36. The van der Waals surface area contributed by atoms with Crippen LogP contribution in [0.1, 0.15) is 24.2 Å². The molecule has 1 aromatic heterocycles. The van der Waals surface area contributed by atoms with Gasteiger partial charge in [-0.2, -0.15) is 0 Å². The predicted molar refractivity (Wildman–Crippen MR) is 97.8 cm³/mol. The van der Waals surface area contributed by atoms with Gasteiger partial charge in [-0.15, -0.1) is 0 Å². The maximum atomic E-state index is 12.7. The second-order valence-corrected chi connectivity index (χ2v) is 5.57. The fraction of sp³-hybridized carbons (Fsp3) is 0.444. The quantitative estimate of drug-likeness (QED) is 0.758. The zero-order valence-corrected chi connectivity index (χ0v) is 15.1. The average molecular weight is 347 g/mol. The lowest BCUT2D eigenvalue weighted by Gasteiger charge is -2.17. The number of nitrogens with zero attached hydrogens (tertiary/aromatic N) is 1. The summed E-state index contributed by atoms with van der Waals surface area (Å²) in [6.07, 6.45) is 1.42. The minimum atomic E-state index is -0.392. The highest BCUT2D eigenvalue weighted by Crippen LogP contribution is 2.27. The minimum absolute atomic E-state index is 0.0716. The van der Waals surface area contributed by atoms with Gasteiger partial charge in [-0.3, -0.25) is 9.59 Å². The lowest BCUT2D eigenvalue weighted by molar-refractivity contribution is 0.0947. The van der Waals surface area contributed by atoms with Crippen LogP contribution >= 0.6 is 0 Å². The number of hydrogen-bond acceptors (Lipinski definition) is 5. The van der Waals surface area contributed by atoms with Gasteiger partial charge in [-0.25, -0.2) is 0 Å². The van der Waals surface area contributed by atoms with Crippen LogP contribution in [0.2, 0.25) is 0 Å². The number of ether oxygens (including phenoxy) is 2. The molecular weight excluding hydrogens is 322 g/mol. The van der Waals surface area contributed by atoms with Crippen molar-refractivity contribution < 1.29 is 14.3 Å². The zero-order valence-electron chi connectivity index (χ0n) is 15.1. The van der Waals surface area contributed by atoms with E-state index in [1.54, 1.807) is 12.1 Å². The van der Waals surface area contributed by atoms with E-state index in [2.05, 4.69) is 29.0 Å². The van der Waals surface area contributed by atoms with Crippen molar-refractivity contribution in [3.63, 3.8) is 0 Å². The van der Waals surface area contributed by atoms with E-state index in [0.717, 1.165) is 19.6 Å². The molecule has 2 N–H and O–H groups in total. The highest BCUT2D eigenvalue weighted by Gasteiger charge is 2.16. The summed E-state index contributed by atoms with van der Waals surface area (Å²) in [5.74, 6) is 0.589. The van der Waals surface area contributed by atoms with Gasteiger partial charge in [-0.05, 0) is 19.2 Å². The summed E-state index contributed by atoms with van der Waals surface area (Å²) in [7, 11) is 3.03. The molecule has 0 atom stereocenters. The summed E-state index contributed by atoms with van der Waals surface area (Å²) in [4.78, 5) is 30.3. The Labute approximate surface area is 146 Å². The average Bonchev–Trinajstić information content (AvgIpc) is 2.64. The summed E-state index contributed by atoms with van der Waals surface area (Å²) < 4.78 is 10.5. The molecule has 0 saturated heterocycles. The van der Waals surface area contributed by atoms with E-state index in [1.165, 1.54) is 20.4 Å². The Bertz CT molecular complexity index is 797. The molecule has 0 fully saturated rings. The molecule has 0 saturated carbocycles. The van der Waals surface area contributed by atoms with E-state index in [4.69, 9.17) is 9.47 Å². The molecule has 0 aliphatic heterocycles. The second-order valence-electron chi connectivity index (χ2n) is 5.57. The van der Waals surface area contributed by atoms with Crippen molar-refractivity contribution >= 4 is 16.8 Å². The van der Waals surface area contributed by atoms with Crippen molar-refractivity contribution in [2.24, 2.45) is 0 Å². The summed E-state index contributed by atoms with van der Waals surface area (Å²) >= 11 is 0. The van der Waals surface area contributed by atoms with Gasteiger partial charge in [-0.1, -0.05) is 13.8 Å². The zero-order chi connectivity index (χ0) is 18.4. The van der Waals surface area contributed by atoms with Gasteiger partial charge in [0.2, 0.25) is 5.43 Å². The standard InChI is InChI=1S/C18H25N3O4/c1-5-21(6-2)8-7-19-18(23)14-11-20-16-13(17(14)22)9-12(24-3)10-15(16)25-4/h9-11H,5-8H2,1-4H3,(H,19,23)(H,20,22). The highest BCUT2D eigenvalue weighted by molar-refractivity contribution is 5.98. The molecule has 0 bridgehead atoms. The second kappa shape index (κ2) is 8.53. The number of hydrogen-bond donors (Lipinski definition) is 2. The molecule has 0 unspecified atom stereocenters. The van der Waals surface area contributed by atoms with Gasteiger partial charge in [0, 0.05) is 25.4 Å². The molecule has 1 aromatic carbocycles.